The van der Waals surface area contributed by atoms with Crippen LogP contribution in [0.2, 0.25) is 0 Å². The second kappa shape index (κ2) is 12.8. The van der Waals surface area contributed by atoms with Crippen molar-refractivity contribution in [1.82, 2.24) is 9.78 Å². The maximum atomic E-state index is 13.9. The van der Waals surface area contributed by atoms with Gasteiger partial charge < -0.3 is 20.2 Å². The Bertz CT molecular complexity index is 1240. The van der Waals surface area contributed by atoms with Crippen molar-refractivity contribution in [2.24, 2.45) is 0 Å². The maximum absolute atomic E-state index is 13.9. The van der Waals surface area contributed by atoms with Crippen LogP contribution in [0, 0.1) is 12.7 Å². The molecule has 0 spiro atoms. The zero-order chi connectivity index (χ0) is 28.0. The summed E-state index contributed by atoms with van der Waals surface area (Å²) in [5.74, 6) is -1.90. The van der Waals surface area contributed by atoms with Crippen LogP contribution >= 0.6 is 0 Å². The highest BCUT2D eigenvalue weighted by atomic mass is 19.1. The fourth-order valence-corrected chi connectivity index (χ4v) is 4.58. The number of hydrogen-bond acceptors (Lipinski definition) is 5. The molecule has 8 nitrogen and oxygen atoms in total. The van der Waals surface area contributed by atoms with Crippen molar-refractivity contribution in [3.8, 4) is 5.69 Å². The molecule has 0 aliphatic carbocycles. The van der Waals surface area contributed by atoms with Crippen molar-refractivity contribution in [3.05, 3.63) is 76.9 Å². The fourth-order valence-electron chi connectivity index (χ4n) is 4.58. The lowest BCUT2D eigenvalue weighted by Gasteiger charge is -2.21. The second-order valence-electron chi connectivity index (χ2n) is 9.82. The number of aryl methyl sites for hydroxylation is 1. The minimum Gasteiger partial charge on any atom is -0.481 e. The molecule has 0 bridgehead atoms. The molecule has 3 N–H and O–H groups in total. The monoisotopic (exact) mass is 525 g/mol. The van der Waals surface area contributed by atoms with Gasteiger partial charge in [-0.2, -0.15) is 5.10 Å². The molecular formula is C29H36FN3O5. The van der Waals surface area contributed by atoms with Gasteiger partial charge in [0, 0.05) is 23.5 Å². The molecule has 0 aliphatic rings. The molecule has 3 rings (SSSR count). The van der Waals surface area contributed by atoms with Gasteiger partial charge in [-0.1, -0.05) is 31.5 Å². The number of carbonyl (C=O) groups excluding carboxylic acids is 1. The first kappa shape index (κ1) is 29.0. The highest BCUT2D eigenvalue weighted by Gasteiger charge is 2.29. The first-order valence-electron chi connectivity index (χ1n) is 12.9. The zero-order valence-electron chi connectivity index (χ0n) is 22.3. The lowest BCUT2D eigenvalue weighted by atomic mass is 9.95. The molecule has 0 saturated heterocycles. The molecule has 0 saturated carbocycles. The summed E-state index contributed by atoms with van der Waals surface area (Å²) >= 11 is 0. The molecule has 0 aliphatic heterocycles. The number of rotatable bonds is 12. The van der Waals surface area contributed by atoms with Crippen LogP contribution in [0.1, 0.15) is 73.3 Å². The van der Waals surface area contributed by atoms with E-state index in [0.717, 1.165) is 16.8 Å². The molecule has 1 aromatic heterocycles. The van der Waals surface area contributed by atoms with Gasteiger partial charge in [0.05, 0.1) is 24.3 Å². The average Bonchev–Trinajstić information content (AvgIpc) is 3.24. The summed E-state index contributed by atoms with van der Waals surface area (Å²) in [4.78, 5) is 26.4. The Morgan fingerprint density at radius 3 is 2.21 bits per heavy atom. The predicted molar refractivity (Wildman–Crippen MR) is 143 cm³/mol. The van der Waals surface area contributed by atoms with Gasteiger partial charge in [0.2, 0.25) is 0 Å². The SMILES string of the molecule is CCN(C(=O)c1nn(-c2ccc(F)cc2)c(CC[C@@H](O)C[C@@H](O)CC(=O)O)c1C(C)C)c1ccc(C)cc1. The Morgan fingerprint density at radius 1 is 1.03 bits per heavy atom. The lowest BCUT2D eigenvalue weighted by Crippen LogP contribution is -2.32. The van der Waals surface area contributed by atoms with Gasteiger partial charge in [-0.25, -0.2) is 9.07 Å². The first-order chi connectivity index (χ1) is 18.0. The summed E-state index contributed by atoms with van der Waals surface area (Å²) in [5, 5.41) is 34.1. The number of aromatic nitrogens is 2. The molecule has 38 heavy (non-hydrogen) atoms. The van der Waals surface area contributed by atoms with Crippen LogP contribution in [-0.2, 0) is 11.2 Å². The van der Waals surface area contributed by atoms with Crippen LogP contribution in [0.15, 0.2) is 48.5 Å². The van der Waals surface area contributed by atoms with E-state index in [-0.39, 0.29) is 30.4 Å². The largest absolute Gasteiger partial charge is 0.481 e. The summed E-state index contributed by atoms with van der Waals surface area (Å²) in [6.07, 6.45) is -2.14. The van der Waals surface area contributed by atoms with Crippen molar-refractivity contribution in [2.45, 2.75) is 71.5 Å². The highest BCUT2D eigenvalue weighted by Crippen LogP contribution is 2.30. The van der Waals surface area contributed by atoms with E-state index in [4.69, 9.17) is 10.2 Å². The number of nitrogens with zero attached hydrogens (tertiary/aromatic N) is 3. The first-order valence-corrected chi connectivity index (χ1v) is 12.9. The Balaban J connectivity index is 2.03. The van der Waals surface area contributed by atoms with E-state index in [2.05, 4.69) is 0 Å². The van der Waals surface area contributed by atoms with E-state index in [1.807, 2.05) is 52.0 Å². The van der Waals surface area contributed by atoms with Crippen molar-refractivity contribution >= 4 is 17.6 Å². The number of anilines is 1. The number of carbonyl (C=O) groups is 2. The maximum Gasteiger partial charge on any atom is 0.305 e. The zero-order valence-corrected chi connectivity index (χ0v) is 22.3. The molecule has 3 aromatic rings. The minimum absolute atomic E-state index is 0.0865. The van der Waals surface area contributed by atoms with Crippen LogP contribution in [0.25, 0.3) is 5.69 Å². The number of halogens is 1. The lowest BCUT2D eigenvalue weighted by molar-refractivity contribution is -0.139. The van der Waals surface area contributed by atoms with E-state index < -0.39 is 30.4 Å². The summed E-state index contributed by atoms with van der Waals surface area (Å²) < 4.78 is 15.3. The molecule has 2 aromatic carbocycles. The predicted octanol–water partition coefficient (Wildman–Crippen LogP) is 4.63. The Hall–Kier alpha value is -3.56. The smallest absolute Gasteiger partial charge is 0.305 e. The van der Waals surface area contributed by atoms with Gasteiger partial charge in [-0.15, -0.1) is 0 Å². The van der Waals surface area contributed by atoms with Crippen LogP contribution in [-0.4, -0.2) is 55.7 Å². The number of aliphatic hydroxyl groups excluding tert-OH is 2. The van der Waals surface area contributed by atoms with E-state index in [9.17, 15) is 24.2 Å². The standard InChI is InChI=1S/C29H36FN3O5/c1-5-32(21-10-6-19(4)7-11-21)29(38)28-27(18(2)3)25(15-14-23(34)16-24(35)17-26(36)37)33(31-28)22-12-8-20(30)9-13-22/h6-13,18,23-24,34-35H,5,14-17H2,1-4H3,(H,36,37)/t23-,24-/m1/s1. The summed E-state index contributed by atoms with van der Waals surface area (Å²) in [6.45, 7) is 8.22. The average molecular weight is 526 g/mol. The Morgan fingerprint density at radius 2 is 1.66 bits per heavy atom. The van der Waals surface area contributed by atoms with Gasteiger partial charge in [-0.3, -0.25) is 9.59 Å². The normalized spacial score (nSPS) is 12.9. The van der Waals surface area contributed by atoms with Gasteiger partial charge in [0.1, 0.15) is 5.82 Å². The summed E-state index contributed by atoms with van der Waals surface area (Å²) in [7, 11) is 0. The number of amides is 1. The molecule has 204 valence electrons. The van der Waals surface area contributed by atoms with E-state index in [0.29, 0.717) is 24.3 Å². The molecule has 0 radical (unpaired) electrons. The van der Waals surface area contributed by atoms with Crippen molar-refractivity contribution in [1.29, 1.82) is 0 Å². The third-order valence-corrected chi connectivity index (χ3v) is 6.45. The van der Waals surface area contributed by atoms with Gasteiger partial charge in [-0.05, 0) is 75.4 Å². The molecule has 9 heteroatoms. The molecular weight excluding hydrogens is 489 g/mol. The number of carboxylic acid groups (broad SMARTS) is 1. The third kappa shape index (κ3) is 7.05. The number of aliphatic hydroxyl groups is 2. The van der Waals surface area contributed by atoms with Crippen LogP contribution < -0.4 is 4.90 Å². The van der Waals surface area contributed by atoms with Crippen LogP contribution in [0.4, 0.5) is 10.1 Å². The molecule has 0 fully saturated rings. The summed E-state index contributed by atoms with van der Waals surface area (Å²) in [5.41, 5.74) is 4.10. The quantitative estimate of drug-likeness (QED) is 0.318. The number of hydrogen-bond donors (Lipinski definition) is 3. The molecule has 1 heterocycles. The van der Waals surface area contributed by atoms with Gasteiger partial charge in [0.25, 0.3) is 5.91 Å². The number of benzene rings is 2. The van der Waals surface area contributed by atoms with Crippen molar-refractivity contribution in [3.63, 3.8) is 0 Å². The molecule has 2 atom stereocenters. The fraction of sp³-hybridized carbons (Fsp3) is 0.414. The van der Waals surface area contributed by atoms with E-state index in [1.165, 1.54) is 12.1 Å². The minimum atomic E-state index is -1.17. The highest BCUT2D eigenvalue weighted by molar-refractivity contribution is 6.06. The number of aliphatic carboxylic acids is 1. The Labute approximate surface area is 222 Å². The topological polar surface area (TPSA) is 116 Å². The van der Waals surface area contributed by atoms with Crippen molar-refractivity contribution < 1.29 is 29.3 Å². The van der Waals surface area contributed by atoms with Crippen LogP contribution in [0.3, 0.4) is 0 Å². The van der Waals surface area contributed by atoms with Gasteiger partial charge in [0.15, 0.2) is 5.69 Å². The van der Waals surface area contributed by atoms with Crippen LogP contribution in [0.5, 0.6) is 0 Å². The third-order valence-electron chi connectivity index (χ3n) is 6.45. The number of carboxylic acids is 1. The molecule has 1 amide bonds. The van der Waals surface area contributed by atoms with E-state index >= 15 is 0 Å². The molecule has 0 unspecified atom stereocenters. The van der Waals surface area contributed by atoms with Gasteiger partial charge >= 0.3 is 5.97 Å². The summed E-state index contributed by atoms with van der Waals surface area (Å²) in [6, 6.07) is 13.5. The second-order valence-corrected chi connectivity index (χ2v) is 9.82. The van der Waals surface area contributed by atoms with Crippen molar-refractivity contribution in [2.75, 3.05) is 11.4 Å². The van der Waals surface area contributed by atoms with E-state index in [1.54, 1.807) is 21.7 Å². The Kier molecular flexibility index (Phi) is 9.77.